The molecule has 144 valence electrons. The van der Waals surface area contributed by atoms with Gasteiger partial charge in [-0.05, 0) is 43.3 Å². The Morgan fingerprint density at radius 2 is 1.82 bits per heavy atom. The van der Waals surface area contributed by atoms with Crippen LogP contribution in [-0.4, -0.2) is 26.8 Å². The van der Waals surface area contributed by atoms with Crippen molar-refractivity contribution in [2.24, 2.45) is 0 Å². The van der Waals surface area contributed by atoms with E-state index in [4.69, 9.17) is 23.2 Å². The van der Waals surface area contributed by atoms with Crippen molar-refractivity contribution in [2.45, 2.75) is 13.8 Å². The van der Waals surface area contributed by atoms with E-state index in [1.165, 1.54) is 35.9 Å². The molecule has 0 radical (unpaired) electrons. The maximum atomic E-state index is 13.4. The molecule has 2 amide bonds. The van der Waals surface area contributed by atoms with Crippen LogP contribution in [0.15, 0.2) is 36.4 Å². The van der Waals surface area contributed by atoms with E-state index in [0.717, 1.165) is 0 Å². The molecule has 10 heteroatoms. The molecule has 0 aliphatic heterocycles. The van der Waals surface area contributed by atoms with E-state index in [0.29, 0.717) is 27.8 Å². The van der Waals surface area contributed by atoms with E-state index in [-0.39, 0.29) is 16.6 Å². The number of anilines is 2. The average molecular weight is 422 g/mol. The Morgan fingerprint density at radius 1 is 1.07 bits per heavy atom. The summed E-state index contributed by atoms with van der Waals surface area (Å²) in [7, 11) is 0. The van der Waals surface area contributed by atoms with Crippen molar-refractivity contribution in [1.82, 2.24) is 15.0 Å². The summed E-state index contributed by atoms with van der Waals surface area (Å²) in [6.45, 7) is 2.99. The molecule has 7 nitrogen and oxygen atoms in total. The quantitative estimate of drug-likeness (QED) is 0.659. The van der Waals surface area contributed by atoms with Crippen LogP contribution in [0.4, 0.5) is 15.8 Å². The molecule has 1 heterocycles. The second-order valence-electron chi connectivity index (χ2n) is 5.86. The molecular formula is C18H14Cl2FN5O2. The summed E-state index contributed by atoms with van der Waals surface area (Å²) in [5.41, 5.74) is 1.63. The second-order valence-corrected chi connectivity index (χ2v) is 6.70. The third kappa shape index (κ3) is 4.13. The summed E-state index contributed by atoms with van der Waals surface area (Å²) in [5, 5.41) is 13.4. The molecule has 2 aromatic carbocycles. The molecule has 28 heavy (non-hydrogen) atoms. The summed E-state index contributed by atoms with van der Waals surface area (Å²) in [6.07, 6.45) is 0. The van der Waals surface area contributed by atoms with Crippen LogP contribution in [0.3, 0.4) is 0 Å². The molecule has 0 saturated carbocycles. The number of aromatic nitrogens is 3. The number of carbonyl (C=O) groups is 2. The minimum Gasteiger partial charge on any atom is -0.325 e. The fraction of sp³-hybridized carbons (Fsp3) is 0.111. The van der Waals surface area contributed by atoms with Crippen molar-refractivity contribution in [3.8, 4) is 5.69 Å². The van der Waals surface area contributed by atoms with Crippen LogP contribution >= 0.6 is 23.2 Å². The molecule has 0 aliphatic rings. The van der Waals surface area contributed by atoms with Gasteiger partial charge in [-0.25, -0.2) is 9.07 Å². The third-order valence-electron chi connectivity index (χ3n) is 3.80. The molecular weight excluding hydrogens is 408 g/mol. The van der Waals surface area contributed by atoms with Gasteiger partial charge in [0, 0.05) is 11.9 Å². The number of nitrogens with one attached hydrogen (secondary N) is 2. The highest BCUT2D eigenvalue weighted by Crippen LogP contribution is 2.27. The van der Waals surface area contributed by atoms with Gasteiger partial charge in [0.15, 0.2) is 5.69 Å². The first-order valence-corrected chi connectivity index (χ1v) is 8.78. The van der Waals surface area contributed by atoms with E-state index >= 15 is 0 Å². The first-order valence-electron chi connectivity index (χ1n) is 8.02. The van der Waals surface area contributed by atoms with Crippen LogP contribution in [0.2, 0.25) is 10.0 Å². The molecule has 3 rings (SSSR count). The zero-order valence-corrected chi connectivity index (χ0v) is 16.3. The average Bonchev–Trinajstić information content (AvgIpc) is 3.01. The van der Waals surface area contributed by atoms with E-state index in [1.54, 1.807) is 19.1 Å². The maximum absolute atomic E-state index is 13.4. The molecule has 0 aliphatic carbocycles. The number of carbonyl (C=O) groups excluding carboxylic acids is 2. The lowest BCUT2D eigenvalue weighted by atomic mass is 10.2. The normalized spacial score (nSPS) is 10.6. The van der Waals surface area contributed by atoms with Crippen molar-refractivity contribution in [2.75, 3.05) is 10.6 Å². The lowest BCUT2D eigenvalue weighted by Crippen LogP contribution is -2.16. The molecule has 0 fully saturated rings. The van der Waals surface area contributed by atoms with Crippen molar-refractivity contribution in [3.05, 3.63) is 63.6 Å². The minimum absolute atomic E-state index is 0.0502. The van der Waals surface area contributed by atoms with Gasteiger partial charge < -0.3 is 10.6 Å². The van der Waals surface area contributed by atoms with Crippen LogP contribution in [0.5, 0.6) is 0 Å². The van der Waals surface area contributed by atoms with Crippen LogP contribution in [0, 0.1) is 12.7 Å². The molecule has 1 aromatic heterocycles. The molecule has 0 bridgehead atoms. The van der Waals surface area contributed by atoms with Crippen molar-refractivity contribution < 1.29 is 14.0 Å². The number of rotatable bonds is 4. The lowest BCUT2D eigenvalue weighted by molar-refractivity contribution is -0.114. The summed E-state index contributed by atoms with van der Waals surface area (Å²) in [6, 6.07) is 8.71. The number of amides is 2. The van der Waals surface area contributed by atoms with Crippen LogP contribution in [0.1, 0.15) is 23.1 Å². The maximum Gasteiger partial charge on any atom is 0.278 e. The largest absolute Gasteiger partial charge is 0.325 e. The van der Waals surface area contributed by atoms with Gasteiger partial charge in [0.2, 0.25) is 5.91 Å². The van der Waals surface area contributed by atoms with Gasteiger partial charge in [0.05, 0.1) is 27.8 Å². The van der Waals surface area contributed by atoms with Crippen LogP contribution < -0.4 is 10.6 Å². The Hall–Kier alpha value is -2.97. The fourth-order valence-electron chi connectivity index (χ4n) is 2.50. The highest BCUT2D eigenvalue weighted by atomic mass is 35.5. The smallest absolute Gasteiger partial charge is 0.278 e. The minimum atomic E-state index is -0.562. The van der Waals surface area contributed by atoms with Crippen molar-refractivity contribution >= 4 is 46.4 Å². The second kappa shape index (κ2) is 7.95. The number of benzene rings is 2. The standard InChI is InChI=1S/C18H14Cl2FN5O2/c1-9-17(24-25-26(9)12-4-5-14(21)13(20)8-12)18(28)23-16-7-11(19)3-6-15(16)22-10(2)27/h3-8H,1-2H3,(H,22,27)(H,23,28). The molecule has 2 N–H and O–H groups in total. The van der Waals surface area contributed by atoms with Crippen molar-refractivity contribution in [3.63, 3.8) is 0 Å². The van der Waals surface area contributed by atoms with Gasteiger partial charge in [0.25, 0.3) is 5.91 Å². The first-order chi connectivity index (χ1) is 13.3. The van der Waals surface area contributed by atoms with E-state index < -0.39 is 11.7 Å². The zero-order chi connectivity index (χ0) is 20.4. The van der Waals surface area contributed by atoms with Crippen LogP contribution in [0.25, 0.3) is 5.69 Å². The molecule has 0 unspecified atom stereocenters. The van der Waals surface area contributed by atoms with Gasteiger partial charge in [0.1, 0.15) is 5.82 Å². The Morgan fingerprint density at radius 3 is 2.50 bits per heavy atom. The Bertz CT molecular complexity index is 1080. The molecule has 3 aromatic rings. The summed E-state index contributed by atoms with van der Waals surface area (Å²) >= 11 is 11.8. The van der Waals surface area contributed by atoms with Gasteiger partial charge in [-0.15, -0.1) is 5.10 Å². The van der Waals surface area contributed by atoms with Gasteiger partial charge in [-0.2, -0.15) is 0 Å². The summed E-state index contributed by atoms with van der Waals surface area (Å²) in [4.78, 5) is 24.0. The summed E-state index contributed by atoms with van der Waals surface area (Å²) in [5.74, 6) is -1.41. The third-order valence-corrected chi connectivity index (χ3v) is 4.32. The van der Waals surface area contributed by atoms with E-state index in [1.807, 2.05) is 0 Å². The number of hydrogen-bond donors (Lipinski definition) is 2. The Labute approximate surface area is 169 Å². The highest BCUT2D eigenvalue weighted by molar-refractivity contribution is 6.31. The number of hydrogen-bond acceptors (Lipinski definition) is 4. The zero-order valence-electron chi connectivity index (χ0n) is 14.8. The lowest BCUT2D eigenvalue weighted by Gasteiger charge is -2.11. The monoisotopic (exact) mass is 421 g/mol. The summed E-state index contributed by atoms with van der Waals surface area (Å²) < 4.78 is 14.7. The predicted molar refractivity (Wildman–Crippen MR) is 105 cm³/mol. The molecule has 0 saturated heterocycles. The first kappa shape index (κ1) is 19.8. The van der Waals surface area contributed by atoms with E-state index in [2.05, 4.69) is 20.9 Å². The van der Waals surface area contributed by atoms with Gasteiger partial charge in [-0.3, -0.25) is 9.59 Å². The molecule has 0 spiro atoms. The van der Waals surface area contributed by atoms with Gasteiger partial charge >= 0.3 is 0 Å². The van der Waals surface area contributed by atoms with Crippen molar-refractivity contribution in [1.29, 1.82) is 0 Å². The van der Waals surface area contributed by atoms with Crippen LogP contribution in [-0.2, 0) is 4.79 Å². The highest BCUT2D eigenvalue weighted by Gasteiger charge is 2.19. The predicted octanol–water partition coefficient (Wildman–Crippen LogP) is 4.23. The van der Waals surface area contributed by atoms with Gasteiger partial charge in [-0.1, -0.05) is 28.4 Å². The number of halogens is 3. The number of nitrogens with zero attached hydrogens (tertiary/aromatic N) is 3. The topological polar surface area (TPSA) is 88.9 Å². The Balaban J connectivity index is 1.90. The molecule has 0 atom stereocenters. The Kier molecular flexibility index (Phi) is 5.62. The fourth-order valence-corrected chi connectivity index (χ4v) is 2.85. The SMILES string of the molecule is CC(=O)Nc1ccc(Cl)cc1NC(=O)c1nnn(-c2ccc(F)c(Cl)c2)c1C. The van der Waals surface area contributed by atoms with E-state index in [9.17, 15) is 14.0 Å².